The molecule has 20 heavy (non-hydrogen) atoms. The smallest absolute Gasteiger partial charge is 0.133 e. The minimum atomic E-state index is 0.339. The molecule has 2 heterocycles. The molecule has 2 aromatic heterocycles. The van der Waals surface area contributed by atoms with Crippen LogP contribution < -0.4 is 5.73 Å². The molecule has 2 rings (SSSR count). The summed E-state index contributed by atoms with van der Waals surface area (Å²) in [5.41, 5.74) is 8.20. The number of nitrogens with two attached hydrogens (primary N) is 1. The number of imidazole rings is 2. The fourth-order valence-corrected chi connectivity index (χ4v) is 2.47. The zero-order valence-corrected chi connectivity index (χ0v) is 13.1. The number of rotatable bonds is 5. The van der Waals surface area contributed by atoms with Crippen molar-refractivity contribution in [3.8, 4) is 11.4 Å². The zero-order chi connectivity index (χ0) is 14.9. The second-order valence-corrected chi connectivity index (χ2v) is 5.79. The summed E-state index contributed by atoms with van der Waals surface area (Å²) in [6.45, 7) is 11.6. The molecule has 110 valence electrons. The van der Waals surface area contributed by atoms with Crippen molar-refractivity contribution >= 4 is 5.82 Å². The van der Waals surface area contributed by atoms with Crippen LogP contribution in [0.25, 0.3) is 11.4 Å². The molecule has 0 bridgehead atoms. The van der Waals surface area contributed by atoms with Crippen LogP contribution in [0.15, 0.2) is 12.5 Å². The van der Waals surface area contributed by atoms with E-state index in [1.165, 1.54) is 0 Å². The number of hydrogen-bond acceptors (Lipinski definition) is 3. The van der Waals surface area contributed by atoms with Gasteiger partial charge in [0.15, 0.2) is 0 Å². The van der Waals surface area contributed by atoms with E-state index < -0.39 is 0 Å². The predicted molar refractivity (Wildman–Crippen MR) is 82.6 cm³/mol. The summed E-state index contributed by atoms with van der Waals surface area (Å²) in [4.78, 5) is 9.04. The Kier molecular flexibility index (Phi) is 4.16. The molecular formula is C15H25N5. The Bertz CT molecular complexity index is 577. The Morgan fingerprint density at radius 2 is 1.95 bits per heavy atom. The highest BCUT2D eigenvalue weighted by Gasteiger charge is 2.20. The van der Waals surface area contributed by atoms with Crippen LogP contribution in [0.1, 0.15) is 58.8 Å². The van der Waals surface area contributed by atoms with E-state index in [1.807, 2.05) is 12.5 Å². The Morgan fingerprint density at radius 1 is 1.25 bits per heavy atom. The Morgan fingerprint density at radius 3 is 2.50 bits per heavy atom. The molecule has 0 radical (unpaired) electrons. The highest BCUT2D eigenvalue weighted by molar-refractivity contribution is 5.68. The highest BCUT2D eigenvalue weighted by atomic mass is 15.2. The van der Waals surface area contributed by atoms with Crippen molar-refractivity contribution in [1.29, 1.82) is 0 Å². The molecule has 2 aromatic rings. The molecule has 0 saturated heterocycles. The lowest BCUT2D eigenvalue weighted by molar-refractivity contribution is 0.604. The quantitative estimate of drug-likeness (QED) is 0.909. The number of nitrogen functional groups attached to an aromatic ring is 1. The molecule has 0 fully saturated rings. The molecule has 0 atom stereocenters. The first kappa shape index (κ1) is 14.6. The average molecular weight is 275 g/mol. The SMILES string of the molecule is CCCn1c(C(C)C)nc(-c2cncn2C(C)C)c1N. The average Bonchev–Trinajstić information content (AvgIpc) is 2.96. The highest BCUT2D eigenvalue weighted by Crippen LogP contribution is 2.30. The Balaban J connectivity index is 2.57. The number of aromatic nitrogens is 4. The lowest BCUT2D eigenvalue weighted by Gasteiger charge is -2.11. The summed E-state index contributed by atoms with van der Waals surface area (Å²) in [5.74, 6) is 2.15. The predicted octanol–water partition coefficient (Wildman–Crippen LogP) is 3.44. The van der Waals surface area contributed by atoms with E-state index in [0.717, 1.165) is 36.0 Å². The molecule has 5 nitrogen and oxygen atoms in total. The van der Waals surface area contributed by atoms with Crippen molar-refractivity contribution in [2.75, 3.05) is 5.73 Å². The van der Waals surface area contributed by atoms with Crippen LogP contribution in [0.5, 0.6) is 0 Å². The lowest BCUT2D eigenvalue weighted by atomic mass is 10.2. The second kappa shape index (κ2) is 5.69. The molecule has 2 N–H and O–H groups in total. The molecule has 0 aliphatic heterocycles. The van der Waals surface area contributed by atoms with Crippen molar-refractivity contribution in [3.05, 3.63) is 18.3 Å². The molecule has 0 aromatic carbocycles. The van der Waals surface area contributed by atoms with Gasteiger partial charge in [-0.25, -0.2) is 9.97 Å². The third-order valence-electron chi connectivity index (χ3n) is 3.46. The van der Waals surface area contributed by atoms with E-state index in [4.69, 9.17) is 10.7 Å². The van der Waals surface area contributed by atoms with Crippen LogP contribution in [-0.4, -0.2) is 19.1 Å². The van der Waals surface area contributed by atoms with E-state index in [-0.39, 0.29) is 0 Å². The van der Waals surface area contributed by atoms with Crippen molar-refractivity contribution in [1.82, 2.24) is 19.1 Å². The van der Waals surface area contributed by atoms with E-state index in [9.17, 15) is 0 Å². The van der Waals surface area contributed by atoms with Crippen LogP contribution in [0.2, 0.25) is 0 Å². The fourth-order valence-electron chi connectivity index (χ4n) is 2.47. The van der Waals surface area contributed by atoms with Gasteiger partial charge in [-0.2, -0.15) is 0 Å². The summed E-state index contributed by atoms with van der Waals surface area (Å²) in [7, 11) is 0. The van der Waals surface area contributed by atoms with Gasteiger partial charge in [-0.1, -0.05) is 20.8 Å². The maximum atomic E-state index is 6.35. The largest absolute Gasteiger partial charge is 0.383 e. The van der Waals surface area contributed by atoms with E-state index >= 15 is 0 Å². The van der Waals surface area contributed by atoms with Crippen LogP contribution in [0, 0.1) is 0 Å². The molecule has 0 aliphatic carbocycles. The van der Waals surface area contributed by atoms with Crippen molar-refractivity contribution in [3.63, 3.8) is 0 Å². The molecule has 0 amide bonds. The van der Waals surface area contributed by atoms with Crippen LogP contribution in [-0.2, 0) is 6.54 Å². The number of anilines is 1. The van der Waals surface area contributed by atoms with Gasteiger partial charge in [-0.05, 0) is 20.3 Å². The zero-order valence-electron chi connectivity index (χ0n) is 13.1. The van der Waals surface area contributed by atoms with Gasteiger partial charge in [0.1, 0.15) is 17.3 Å². The van der Waals surface area contributed by atoms with Gasteiger partial charge in [0.05, 0.1) is 18.2 Å². The third kappa shape index (κ3) is 2.44. The number of nitrogens with zero attached hydrogens (tertiary/aromatic N) is 4. The van der Waals surface area contributed by atoms with Gasteiger partial charge in [-0.15, -0.1) is 0 Å². The summed E-state index contributed by atoms with van der Waals surface area (Å²) in [6.07, 6.45) is 4.73. The van der Waals surface area contributed by atoms with Crippen LogP contribution in [0.4, 0.5) is 5.82 Å². The second-order valence-electron chi connectivity index (χ2n) is 5.79. The minimum absolute atomic E-state index is 0.339. The van der Waals surface area contributed by atoms with Crippen LogP contribution >= 0.6 is 0 Å². The van der Waals surface area contributed by atoms with Crippen molar-refractivity contribution in [2.24, 2.45) is 0 Å². The first-order chi connectivity index (χ1) is 9.47. The third-order valence-corrected chi connectivity index (χ3v) is 3.46. The van der Waals surface area contributed by atoms with Gasteiger partial charge >= 0.3 is 0 Å². The topological polar surface area (TPSA) is 61.7 Å². The van der Waals surface area contributed by atoms with Gasteiger partial charge in [0.25, 0.3) is 0 Å². The minimum Gasteiger partial charge on any atom is -0.383 e. The molecule has 0 aliphatic rings. The summed E-state index contributed by atoms with van der Waals surface area (Å²) in [5, 5.41) is 0. The van der Waals surface area contributed by atoms with E-state index in [0.29, 0.717) is 12.0 Å². The maximum absolute atomic E-state index is 6.35. The first-order valence-electron chi connectivity index (χ1n) is 7.35. The molecular weight excluding hydrogens is 250 g/mol. The maximum Gasteiger partial charge on any atom is 0.133 e. The standard InChI is InChI=1S/C15H25N5/c1-6-7-19-14(16)13(18-15(19)10(2)3)12-8-17-9-20(12)11(4)5/h8-11H,6-7,16H2,1-5H3. The molecule has 5 heteroatoms. The lowest BCUT2D eigenvalue weighted by Crippen LogP contribution is -2.08. The van der Waals surface area contributed by atoms with Gasteiger partial charge in [-0.3, -0.25) is 0 Å². The summed E-state index contributed by atoms with van der Waals surface area (Å²) >= 11 is 0. The van der Waals surface area contributed by atoms with Gasteiger partial charge in [0, 0.05) is 18.5 Å². The Labute approximate surface area is 120 Å². The fraction of sp³-hybridized carbons (Fsp3) is 0.600. The van der Waals surface area contributed by atoms with Crippen LogP contribution in [0.3, 0.4) is 0 Å². The monoisotopic (exact) mass is 275 g/mol. The van der Waals surface area contributed by atoms with E-state index in [1.54, 1.807) is 0 Å². The van der Waals surface area contributed by atoms with Gasteiger partial charge in [0.2, 0.25) is 0 Å². The summed E-state index contributed by atoms with van der Waals surface area (Å²) in [6, 6.07) is 0.339. The van der Waals surface area contributed by atoms with Crippen molar-refractivity contribution in [2.45, 2.75) is 59.5 Å². The number of hydrogen-bond donors (Lipinski definition) is 1. The van der Waals surface area contributed by atoms with Crippen molar-refractivity contribution < 1.29 is 0 Å². The molecule has 0 saturated carbocycles. The molecule has 0 unspecified atom stereocenters. The first-order valence-corrected chi connectivity index (χ1v) is 7.35. The normalized spacial score (nSPS) is 11.8. The Hall–Kier alpha value is -1.78. The summed E-state index contributed by atoms with van der Waals surface area (Å²) < 4.78 is 4.25. The molecule has 0 spiro atoms. The van der Waals surface area contributed by atoms with Gasteiger partial charge < -0.3 is 14.9 Å². The van der Waals surface area contributed by atoms with E-state index in [2.05, 4.69) is 48.7 Å².